The fourth-order valence-electron chi connectivity index (χ4n) is 4.83. The number of nitrogens with zero attached hydrogens (tertiary/aromatic N) is 4. The van der Waals surface area contributed by atoms with E-state index in [0.29, 0.717) is 11.5 Å². The molecule has 1 fully saturated rings. The van der Waals surface area contributed by atoms with E-state index < -0.39 is 33.2 Å². The summed E-state index contributed by atoms with van der Waals surface area (Å²) < 4.78 is 69.0. The Morgan fingerprint density at radius 3 is 2.37 bits per heavy atom. The number of hydrogen-bond acceptors (Lipinski definition) is 8. The summed E-state index contributed by atoms with van der Waals surface area (Å²) in [4.78, 5) is 23.3. The van der Waals surface area contributed by atoms with Gasteiger partial charge in [-0.25, -0.2) is 13.4 Å². The Balaban J connectivity index is 1.76. The summed E-state index contributed by atoms with van der Waals surface area (Å²) in [5.74, 6) is 0.0464. The molecular formula is C25H32F3N5O4S. The number of piperidine rings is 1. The smallest absolute Gasteiger partial charge is 0.404 e. The molecule has 1 saturated heterocycles. The lowest BCUT2D eigenvalue weighted by Gasteiger charge is -2.45. The monoisotopic (exact) mass is 555 g/mol. The summed E-state index contributed by atoms with van der Waals surface area (Å²) in [7, 11) is -0.0690. The van der Waals surface area contributed by atoms with Crippen LogP contribution in [0, 0.1) is 0 Å². The molecule has 38 heavy (non-hydrogen) atoms. The Morgan fingerprint density at radius 2 is 1.76 bits per heavy atom. The van der Waals surface area contributed by atoms with Crippen molar-refractivity contribution < 1.29 is 31.1 Å². The van der Waals surface area contributed by atoms with Gasteiger partial charge in [0, 0.05) is 13.1 Å². The lowest BCUT2D eigenvalue weighted by molar-refractivity contribution is -0.274. The number of carbonyl (C=O) groups is 1. The molecule has 4 rings (SSSR count). The molecule has 3 heterocycles. The Labute approximate surface area is 220 Å². The van der Waals surface area contributed by atoms with Gasteiger partial charge in [0.15, 0.2) is 21.4 Å². The van der Waals surface area contributed by atoms with Gasteiger partial charge in [0.05, 0.1) is 21.5 Å². The molecule has 2 aliphatic rings. The fourth-order valence-corrected chi connectivity index (χ4v) is 5.92. The zero-order valence-electron chi connectivity index (χ0n) is 21.9. The van der Waals surface area contributed by atoms with E-state index in [4.69, 9.17) is 4.98 Å². The Kier molecular flexibility index (Phi) is 7.54. The second-order valence-electron chi connectivity index (χ2n) is 9.98. The molecule has 208 valence electrons. The van der Waals surface area contributed by atoms with Gasteiger partial charge in [-0.1, -0.05) is 0 Å². The number of amides is 1. The molecule has 9 nitrogen and oxygen atoms in total. The Bertz CT molecular complexity index is 1310. The zero-order valence-corrected chi connectivity index (χ0v) is 22.7. The van der Waals surface area contributed by atoms with Gasteiger partial charge in [0.1, 0.15) is 11.9 Å². The average Bonchev–Trinajstić information content (AvgIpc) is 2.84. The van der Waals surface area contributed by atoms with Crippen molar-refractivity contribution in [1.29, 1.82) is 0 Å². The molecule has 1 N–H and O–H groups in total. The molecule has 0 saturated carbocycles. The van der Waals surface area contributed by atoms with Crippen LogP contribution in [0.25, 0.3) is 0 Å². The maximum absolute atomic E-state index is 13.1. The third kappa shape index (κ3) is 5.53. The van der Waals surface area contributed by atoms with Crippen molar-refractivity contribution in [3.05, 3.63) is 30.3 Å². The van der Waals surface area contributed by atoms with Gasteiger partial charge in [-0.2, -0.15) is 0 Å². The molecule has 1 amide bonds. The quantitative estimate of drug-likeness (QED) is 0.568. The van der Waals surface area contributed by atoms with Crippen LogP contribution < -0.4 is 19.9 Å². The van der Waals surface area contributed by atoms with Crippen LogP contribution in [0.4, 0.5) is 36.2 Å². The lowest BCUT2D eigenvalue weighted by Crippen LogP contribution is -2.57. The predicted molar refractivity (Wildman–Crippen MR) is 139 cm³/mol. The van der Waals surface area contributed by atoms with E-state index in [1.54, 1.807) is 13.1 Å². The predicted octanol–water partition coefficient (Wildman–Crippen LogP) is 4.17. The standard InChI is InChI=1S/C25H32F3N5O4S/c1-15(2)38(35,36)18-6-8-21(37-25(26,27)28)19(14-18)29-22-9-7-20-23(30-22)33(16(3)24(34)32(20)5)17-10-12-31(4)13-11-17/h6-9,14-17H,10-13H2,1-5H3,(H,29,30)/t16-/m1/s1. The fraction of sp³-hybridized carbons (Fsp3) is 0.520. The first-order chi connectivity index (χ1) is 17.7. The SMILES string of the molecule is CC(C)S(=O)(=O)c1ccc(OC(F)(F)F)c(Nc2ccc3c(n2)N(C2CCN(C)CC2)[C@H](C)C(=O)N3C)c1. The molecule has 0 bridgehead atoms. The van der Waals surface area contributed by atoms with Gasteiger partial charge in [-0.15, -0.1) is 13.2 Å². The third-order valence-corrected chi connectivity index (χ3v) is 9.19. The number of benzene rings is 1. The molecule has 0 spiro atoms. The molecule has 1 atom stereocenters. The topological polar surface area (TPSA) is 95.1 Å². The third-order valence-electron chi connectivity index (χ3n) is 7.04. The summed E-state index contributed by atoms with van der Waals surface area (Å²) >= 11 is 0. The number of rotatable bonds is 6. The maximum atomic E-state index is 13.1. The van der Waals surface area contributed by atoms with Crippen molar-refractivity contribution in [2.24, 2.45) is 0 Å². The zero-order chi connectivity index (χ0) is 28.0. The van der Waals surface area contributed by atoms with Crippen LogP contribution in [0.3, 0.4) is 0 Å². The van der Waals surface area contributed by atoms with E-state index in [0.717, 1.165) is 44.1 Å². The highest BCUT2D eigenvalue weighted by atomic mass is 32.2. The number of carbonyl (C=O) groups excluding carboxylic acids is 1. The van der Waals surface area contributed by atoms with Crippen LogP contribution >= 0.6 is 0 Å². The van der Waals surface area contributed by atoms with Crippen LogP contribution in [0.15, 0.2) is 35.2 Å². The van der Waals surface area contributed by atoms with Crippen molar-refractivity contribution in [3.63, 3.8) is 0 Å². The van der Waals surface area contributed by atoms with E-state index in [9.17, 15) is 26.4 Å². The normalized spacial score (nSPS) is 19.6. The summed E-state index contributed by atoms with van der Waals surface area (Å²) in [5.41, 5.74) is 0.385. The number of hydrogen-bond donors (Lipinski definition) is 1. The van der Waals surface area contributed by atoms with Gasteiger partial charge in [0.25, 0.3) is 0 Å². The molecule has 0 unspecified atom stereocenters. The number of aromatic nitrogens is 1. The number of nitrogens with one attached hydrogen (secondary N) is 1. The molecule has 1 aromatic carbocycles. The first kappa shape index (κ1) is 28.0. The molecule has 1 aromatic heterocycles. The number of halogens is 3. The Hall–Kier alpha value is -3.06. The summed E-state index contributed by atoms with van der Waals surface area (Å²) in [6.07, 6.45) is -3.33. The summed E-state index contributed by atoms with van der Waals surface area (Å²) in [6.45, 7) is 6.52. The number of alkyl halides is 3. The van der Waals surface area contributed by atoms with Crippen molar-refractivity contribution >= 4 is 38.8 Å². The van der Waals surface area contributed by atoms with Crippen LogP contribution in [0.5, 0.6) is 5.75 Å². The first-order valence-electron chi connectivity index (χ1n) is 12.3. The van der Waals surface area contributed by atoms with Gasteiger partial charge >= 0.3 is 6.36 Å². The molecule has 0 radical (unpaired) electrons. The van der Waals surface area contributed by atoms with E-state index in [-0.39, 0.29) is 28.3 Å². The van der Waals surface area contributed by atoms with Crippen LogP contribution in [-0.2, 0) is 14.6 Å². The van der Waals surface area contributed by atoms with E-state index >= 15 is 0 Å². The molecule has 2 aliphatic heterocycles. The number of likely N-dealkylation sites (tertiary alicyclic amines) is 1. The van der Waals surface area contributed by atoms with Crippen LogP contribution in [0.1, 0.15) is 33.6 Å². The largest absolute Gasteiger partial charge is 0.573 e. The minimum absolute atomic E-state index is 0.0592. The van der Waals surface area contributed by atoms with Crippen LogP contribution in [0.2, 0.25) is 0 Å². The van der Waals surface area contributed by atoms with E-state index in [2.05, 4.69) is 15.0 Å². The molecule has 2 aromatic rings. The minimum atomic E-state index is -4.98. The molecule has 0 aliphatic carbocycles. The van der Waals surface area contributed by atoms with Gasteiger partial charge in [0.2, 0.25) is 5.91 Å². The highest BCUT2D eigenvalue weighted by molar-refractivity contribution is 7.92. The number of ether oxygens (including phenoxy) is 1. The summed E-state index contributed by atoms with van der Waals surface area (Å²) in [6, 6.07) is 5.97. The van der Waals surface area contributed by atoms with Gasteiger partial charge < -0.3 is 24.8 Å². The number of sulfone groups is 1. The number of pyridine rings is 1. The molecule has 13 heteroatoms. The highest BCUT2D eigenvalue weighted by Crippen LogP contribution is 2.40. The van der Waals surface area contributed by atoms with Crippen molar-refractivity contribution in [2.75, 3.05) is 42.3 Å². The summed E-state index contributed by atoms with van der Waals surface area (Å²) in [5, 5.41) is 2.06. The number of fused-ring (bicyclic) bond motifs is 1. The Morgan fingerprint density at radius 1 is 1.11 bits per heavy atom. The van der Waals surface area contributed by atoms with E-state index in [1.165, 1.54) is 24.8 Å². The van der Waals surface area contributed by atoms with Crippen molar-refractivity contribution in [1.82, 2.24) is 9.88 Å². The van der Waals surface area contributed by atoms with Gasteiger partial charge in [-0.05, 0) is 84.1 Å². The second-order valence-corrected chi connectivity index (χ2v) is 12.5. The minimum Gasteiger partial charge on any atom is -0.404 e. The molecular weight excluding hydrogens is 523 g/mol. The van der Waals surface area contributed by atoms with Crippen molar-refractivity contribution in [2.45, 2.75) is 62.2 Å². The van der Waals surface area contributed by atoms with E-state index in [1.807, 2.05) is 18.9 Å². The lowest BCUT2D eigenvalue weighted by atomic mass is 9.99. The number of anilines is 4. The average molecular weight is 556 g/mol. The van der Waals surface area contributed by atoms with Crippen LogP contribution in [-0.4, -0.2) is 75.1 Å². The second kappa shape index (κ2) is 10.3. The van der Waals surface area contributed by atoms with Crippen molar-refractivity contribution in [3.8, 4) is 5.75 Å². The van der Waals surface area contributed by atoms with Gasteiger partial charge in [-0.3, -0.25) is 4.79 Å². The maximum Gasteiger partial charge on any atom is 0.573 e. The first-order valence-corrected chi connectivity index (χ1v) is 13.9. The number of likely N-dealkylation sites (N-methyl/N-ethyl adjacent to an activating group) is 1. The highest BCUT2D eigenvalue weighted by Gasteiger charge is 2.39.